The molecule has 1 unspecified atom stereocenters. The summed E-state index contributed by atoms with van der Waals surface area (Å²) >= 11 is 0. The Morgan fingerprint density at radius 1 is 1.22 bits per heavy atom. The van der Waals surface area contributed by atoms with Gasteiger partial charge in [-0.2, -0.15) is 0 Å². The summed E-state index contributed by atoms with van der Waals surface area (Å²) in [6, 6.07) is 7.65. The third kappa shape index (κ3) is 3.03. The number of nitrogens with two attached hydrogens (primary N) is 1. The normalized spacial score (nSPS) is 18.2. The Labute approximate surface area is 109 Å². The van der Waals surface area contributed by atoms with E-state index in [0.29, 0.717) is 0 Å². The molecule has 3 nitrogen and oxygen atoms in total. The molecular weight excluding hydrogens is 224 g/mol. The SMILES string of the molecule is CC(C(=O)N1CCCCCC1)c1cccc(N)c1. The fourth-order valence-electron chi connectivity index (χ4n) is 2.54. The molecule has 1 aliphatic heterocycles. The fourth-order valence-corrected chi connectivity index (χ4v) is 2.54. The maximum absolute atomic E-state index is 12.4. The van der Waals surface area contributed by atoms with E-state index in [1.807, 2.05) is 36.1 Å². The first-order valence-electron chi connectivity index (χ1n) is 6.82. The molecule has 2 N–H and O–H groups in total. The summed E-state index contributed by atoms with van der Waals surface area (Å²) in [5, 5.41) is 0. The second-order valence-corrected chi connectivity index (χ2v) is 5.13. The molecule has 0 bridgehead atoms. The van der Waals surface area contributed by atoms with Crippen molar-refractivity contribution in [3.63, 3.8) is 0 Å². The molecule has 18 heavy (non-hydrogen) atoms. The second-order valence-electron chi connectivity index (χ2n) is 5.13. The van der Waals surface area contributed by atoms with Gasteiger partial charge in [0.25, 0.3) is 0 Å². The van der Waals surface area contributed by atoms with Crippen LogP contribution in [-0.4, -0.2) is 23.9 Å². The standard InChI is InChI=1S/C15H22N2O/c1-12(13-7-6-8-14(16)11-13)15(18)17-9-4-2-3-5-10-17/h6-8,11-12H,2-5,9-10,16H2,1H3. The molecular formula is C15H22N2O. The zero-order valence-corrected chi connectivity index (χ0v) is 11.1. The van der Waals surface area contributed by atoms with E-state index >= 15 is 0 Å². The monoisotopic (exact) mass is 246 g/mol. The molecule has 1 atom stereocenters. The lowest BCUT2D eigenvalue weighted by molar-refractivity contribution is -0.132. The van der Waals surface area contributed by atoms with Crippen molar-refractivity contribution in [1.29, 1.82) is 0 Å². The minimum absolute atomic E-state index is 0.0911. The fraction of sp³-hybridized carbons (Fsp3) is 0.533. The maximum Gasteiger partial charge on any atom is 0.229 e. The van der Waals surface area contributed by atoms with Crippen molar-refractivity contribution in [2.24, 2.45) is 0 Å². The molecule has 0 aromatic heterocycles. The summed E-state index contributed by atoms with van der Waals surface area (Å²) in [5.41, 5.74) is 7.52. The smallest absolute Gasteiger partial charge is 0.229 e. The van der Waals surface area contributed by atoms with Crippen LogP contribution in [0.15, 0.2) is 24.3 Å². The first-order chi connectivity index (χ1) is 8.68. The van der Waals surface area contributed by atoms with Gasteiger partial charge in [0.2, 0.25) is 5.91 Å². The van der Waals surface area contributed by atoms with Gasteiger partial charge >= 0.3 is 0 Å². The average molecular weight is 246 g/mol. The van der Waals surface area contributed by atoms with Gasteiger partial charge in [-0.15, -0.1) is 0 Å². The van der Waals surface area contributed by atoms with E-state index in [0.717, 1.165) is 37.2 Å². The minimum Gasteiger partial charge on any atom is -0.399 e. The van der Waals surface area contributed by atoms with Crippen molar-refractivity contribution in [1.82, 2.24) is 4.90 Å². The second kappa shape index (κ2) is 5.89. The van der Waals surface area contributed by atoms with E-state index < -0.39 is 0 Å². The quantitative estimate of drug-likeness (QED) is 0.816. The molecule has 1 heterocycles. The lowest BCUT2D eigenvalue weighted by Crippen LogP contribution is -2.35. The van der Waals surface area contributed by atoms with Crippen LogP contribution in [0.1, 0.15) is 44.1 Å². The Hall–Kier alpha value is -1.51. The van der Waals surface area contributed by atoms with Gasteiger partial charge in [0.15, 0.2) is 0 Å². The lowest BCUT2D eigenvalue weighted by atomic mass is 9.99. The van der Waals surface area contributed by atoms with Gasteiger partial charge < -0.3 is 10.6 Å². The van der Waals surface area contributed by atoms with Crippen LogP contribution in [0.4, 0.5) is 5.69 Å². The third-order valence-electron chi connectivity index (χ3n) is 3.70. The summed E-state index contributed by atoms with van der Waals surface area (Å²) in [4.78, 5) is 14.5. The highest BCUT2D eigenvalue weighted by Crippen LogP contribution is 2.22. The zero-order valence-electron chi connectivity index (χ0n) is 11.1. The van der Waals surface area contributed by atoms with Gasteiger partial charge in [-0.1, -0.05) is 25.0 Å². The van der Waals surface area contributed by atoms with E-state index in [1.165, 1.54) is 12.8 Å². The molecule has 0 spiro atoms. The van der Waals surface area contributed by atoms with Crippen LogP contribution in [0.3, 0.4) is 0 Å². The van der Waals surface area contributed by atoms with Crippen LogP contribution >= 0.6 is 0 Å². The highest BCUT2D eigenvalue weighted by molar-refractivity contribution is 5.83. The number of benzene rings is 1. The van der Waals surface area contributed by atoms with Crippen molar-refractivity contribution in [2.75, 3.05) is 18.8 Å². The molecule has 1 aromatic carbocycles. The number of hydrogen-bond donors (Lipinski definition) is 1. The van der Waals surface area contributed by atoms with Gasteiger partial charge in [0.05, 0.1) is 5.92 Å². The largest absolute Gasteiger partial charge is 0.399 e. The summed E-state index contributed by atoms with van der Waals surface area (Å²) < 4.78 is 0. The molecule has 0 aliphatic carbocycles. The molecule has 3 heteroatoms. The molecule has 1 aliphatic rings. The topological polar surface area (TPSA) is 46.3 Å². The number of nitrogen functional groups attached to an aromatic ring is 1. The number of nitrogens with zero attached hydrogens (tertiary/aromatic N) is 1. The van der Waals surface area contributed by atoms with Crippen LogP contribution in [0, 0.1) is 0 Å². The Morgan fingerprint density at radius 3 is 2.50 bits per heavy atom. The number of anilines is 1. The predicted molar refractivity (Wildman–Crippen MR) is 74.3 cm³/mol. The Bertz CT molecular complexity index is 409. The van der Waals surface area contributed by atoms with Crippen molar-refractivity contribution in [3.8, 4) is 0 Å². The summed E-state index contributed by atoms with van der Waals surface area (Å²) in [6.45, 7) is 3.79. The Morgan fingerprint density at radius 2 is 1.89 bits per heavy atom. The van der Waals surface area contributed by atoms with E-state index in [4.69, 9.17) is 5.73 Å². The van der Waals surface area contributed by atoms with Gasteiger partial charge in [0.1, 0.15) is 0 Å². The molecule has 2 rings (SSSR count). The van der Waals surface area contributed by atoms with E-state index in [2.05, 4.69) is 0 Å². The third-order valence-corrected chi connectivity index (χ3v) is 3.70. The molecule has 1 fully saturated rings. The van der Waals surface area contributed by atoms with E-state index in [-0.39, 0.29) is 11.8 Å². The molecule has 0 radical (unpaired) electrons. The number of hydrogen-bond acceptors (Lipinski definition) is 2. The summed E-state index contributed by atoms with van der Waals surface area (Å²) in [7, 11) is 0. The molecule has 1 aromatic rings. The van der Waals surface area contributed by atoms with Crippen LogP contribution in [-0.2, 0) is 4.79 Å². The highest BCUT2D eigenvalue weighted by Gasteiger charge is 2.22. The first-order valence-corrected chi connectivity index (χ1v) is 6.82. The first kappa shape index (κ1) is 12.9. The predicted octanol–water partition coefficient (Wildman–Crippen LogP) is 2.77. The number of likely N-dealkylation sites (tertiary alicyclic amines) is 1. The number of carbonyl (C=O) groups excluding carboxylic acids is 1. The lowest BCUT2D eigenvalue weighted by Gasteiger charge is -2.24. The van der Waals surface area contributed by atoms with Gasteiger partial charge in [-0.3, -0.25) is 4.79 Å². The summed E-state index contributed by atoms with van der Waals surface area (Å²) in [5.74, 6) is 0.147. The van der Waals surface area contributed by atoms with Crippen molar-refractivity contribution in [2.45, 2.75) is 38.5 Å². The molecule has 1 saturated heterocycles. The van der Waals surface area contributed by atoms with Crippen LogP contribution in [0.25, 0.3) is 0 Å². The molecule has 1 amide bonds. The molecule has 0 saturated carbocycles. The minimum atomic E-state index is -0.0911. The Kier molecular flexibility index (Phi) is 4.24. The van der Waals surface area contributed by atoms with Gasteiger partial charge in [-0.05, 0) is 37.5 Å². The zero-order chi connectivity index (χ0) is 13.0. The highest BCUT2D eigenvalue weighted by atomic mass is 16.2. The number of amides is 1. The van der Waals surface area contributed by atoms with Crippen molar-refractivity contribution >= 4 is 11.6 Å². The van der Waals surface area contributed by atoms with E-state index in [1.54, 1.807) is 0 Å². The summed E-state index contributed by atoms with van der Waals surface area (Å²) in [6.07, 6.45) is 4.76. The Balaban J connectivity index is 2.07. The van der Waals surface area contributed by atoms with E-state index in [9.17, 15) is 4.79 Å². The van der Waals surface area contributed by atoms with Gasteiger partial charge in [-0.25, -0.2) is 0 Å². The van der Waals surface area contributed by atoms with Gasteiger partial charge in [0, 0.05) is 18.8 Å². The molecule has 98 valence electrons. The van der Waals surface area contributed by atoms with Crippen molar-refractivity contribution in [3.05, 3.63) is 29.8 Å². The van der Waals surface area contributed by atoms with Crippen molar-refractivity contribution < 1.29 is 4.79 Å². The van der Waals surface area contributed by atoms with Crippen LogP contribution < -0.4 is 5.73 Å². The number of rotatable bonds is 2. The van der Waals surface area contributed by atoms with Crippen LogP contribution in [0.2, 0.25) is 0 Å². The maximum atomic E-state index is 12.4. The van der Waals surface area contributed by atoms with Crippen LogP contribution in [0.5, 0.6) is 0 Å². The average Bonchev–Trinajstić information content (AvgIpc) is 2.66. The number of carbonyl (C=O) groups is 1.